The maximum atomic E-state index is 12.8. The van der Waals surface area contributed by atoms with Gasteiger partial charge in [-0.3, -0.25) is 4.79 Å². The van der Waals surface area contributed by atoms with Crippen molar-refractivity contribution >= 4 is 39.9 Å². The van der Waals surface area contributed by atoms with E-state index in [4.69, 9.17) is 5.73 Å². The van der Waals surface area contributed by atoms with Crippen molar-refractivity contribution in [3.8, 4) is 0 Å². The van der Waals surface area contributed by atoms with E-state index in [1.165, 1.54) is 12.1 Å². The second-order valence-corrected chi connectivity index (χ2v) is 5.86. The summed E-state index contributed by atoms with van der Waals surface area (Å²) in [5.74, 6) is -0.426. The van der Waals surface area contributed by atoms with E-state index in [-0.39, 0.29) is 22.6 Å². The predicted molar refractivity (Wildman–Crippen MR) is 80.4 cm³/mol. The summed E-state index contributed by atoms with van der Waals surface area (Å²) >= 11 is 2.85. The molecular formula is C13H15BrClF3N2O. The van der Waals surface area contributed by atoms with Crippen molar-refractivity contribution in [2.45, 2.75) is 37.4 Å². The van der Waals surface area contributed by atoms with Gasteiger partial charge >= 0.3 is 6.18 Å². The molecular weight excluding hydrogens is 373 g/mol. The number of nitrogens with one attached hydrogen (secondary N) is 1. The van der Waals surface area contributed by atoms with Crippen LogP contribution in [0, 0.1) is 0 Å². The van der Waals surface area contributed by atoms with Crippen LogP contribution in [-0.4, -0.2) is 11.4 Å². The minimum Gasteiger partial charge on any atom is -0.324 e. The SMILES string of the molecule is Cl.NC1(C(=O)Nc2ccc(Br)c(C(F)(F)F)c2)CCCC1. The summed E-state index contributed by atoms with van der Waals surface area (Å²) in [6, 6.07) is 3.58. The summed E-state index contributed by atoms with van der Waals surface area (Å²) < 4.78 is 38.3. The molecule has 0 radical (unpaired) electrons. The molecule has 0 bridgehead atoms. The molecule has 0 unspecified atom stereocenters. The Morgan fingerprint density at radius 3 is 2.38 bits per heavy atom. The number of halogens is 5. The molecule has 118 valence electrons. The Balaban J connectivity index is 0.00000220. The largest absolute Gasteiger partial charge is 0.417 e. The first-order valence-corrected chi connectivity index (χ1v) is 6.99. The topological polar surface area (TPSA) is 55.1 Å². The first-order chi connectivity index (χ1) is 9.22. The second kappa shape index (κ2) is 6.54. The molecule has 1 aliphatic rings. The highest BCUT2D eigenvalue weighted by Gasteiger charge is 2.37. The Hall–Kier alpha value is -0.790. The molecule has 1 aromatic rings. The summed E-state index contributed by atoms with van der Waals surface area (Å²) in [6.45, 7) is 0. The first-order valence-electron chi connectivity index (χ1n) is 6.19. The van der Waals surface area contributed by atoms with E-state index in [9.17, 15) is 18.0 Å². The van der Waals surface area contributed by atoms with Crippen LogP contribution in [0.5, 0.6) is 0 Å². The minimum atomic E-state index is -4.48. The van der Waals surface area contributed by atoms with Gasteiger partial charge in [0, 0.05) is 10.2 Å². The number of hydrogen-bond acceptors (Lipinski definition) is 2. The number of carbonyl (C=O) groups is 1. The van der Waals surface area contributed by atoms with Gasteiger partial charge in [0.15, 0.2) is 0 Å². The van der Waals surface area contributed by atoms with Gasteiger partial charge in [0.1, 0.15) is 0 Å². The highest BCUT2D eigenvalue weighted by atomic mass is 79.9. The number of benzene rings is 1. The lowest BCUT2D eigenvalue weighted by Crippen LogP contribution is -2.48. The molecule has 1 saturated carbocycles. The zero-order valence-corrected chi connectivity index (χ0v) is 13.4. The highest BCUT2D eigenvalue weighted by Crippen LogP contribution is 2.36. The van der Waals surface area contributed by atoms with Crippen molar-refractivity contribution in [3.05, 3.63) is 28.2 Å². The molecule has 1 amide bonds. The number of hydrogen-bond donors (Lipinski definition) is 2. The normalized spacial score (nSPS) is 17.2. The minimum absolute atomic E-state index is 0. The number of nitrogens with two attached hydrogens (primary N) is 1. The van der Waals surface area contributed by atoms with E-state index in [1.54, 1.807) is 0 Å². The lowest BCUT2D eigenvalue weighted by molar-refractivity contribution is -0.138. The van der Waals surface area contributed by atoms with Gasteiger partial charge in [-0.2, -0.15) is 13.2 Å². The van der Waals surface area contributed by atoms with Crippen LogP contribution < -0.4 is 11.1 Å². The fraction of sp³-hybridized carbons (Fsp3) is 0.462. The van der Waals surface area contributed by atoms with Crippen LogP contribution in [0.4, 0.5) is 18.9 Å². The van der Waals surface area contributed by atoms with Crippen molar-refractivity contribution in [1.82, 2.24) is 0 Å². The van der Waals surface area contributed by atoms with Crippen LogP contribution in [0.25, 0.3) is 0 Å². The Morgan fingerprint density at radius 1 is 1.29 bits per heavy atom. The van der Waals surface area contributed by atoms with Crippen LogP contribution in [0.2, 0.25) is 0 Å². The zero-order chi connectivity index (χ0) is 15.0. The lowest BCUT2D eigenvalue weighted by Gasteiger charge is -2.22. The van der Waals surface area contributed by atoms with E-state index >= 15 is 0 Å². The Morgan fingerprint density at radius 2 is 1.86 bits per heavy atom. The third-order valence-electron chi connectivity index (χ3n) is 3.48. The van der Waals surface area contributed by atoms with Crippen LogP contribution in [-0.2, 0) is 11.0 Å². The maximum Gasteiger partial charge on any atom is 0.417 e. The smallest absolute Gasteiger partial charge is 0.324 e. The monoisotopic (exact) mass is 386 g/mol. The third-order valence-corrected chi connectivity index (χ3v) is 4.17. The standard InChI is InChI=1S/C13H14BrF3N2O.ClH/c14-10-4-3-8(7-9(10)13(15,16)17)19-11(20)12(18)5-1-2-6-12;/h3-4,7H,1-2,5-6,18H2,(H,19,20);1H. The fourth-order valence-corrected chi connectivity index (χ4v) is 2.78. The van der Waals surface area contributed by atoms with Crippen molar-refractivity contribution in [3.63, 3.8) is 0 Å². The summed E-state index contributed by atoms with van der Waals surface area (Å²) in [5.41, 5.74) is 4.27. The van der Waals surface area contributed by atoms with Crippen molar-refractivity contribution in [1.29, 1.82) is 0 Å². The van der Waals surface area contributed by atoms with Crippen LogP contribution >= 0.6 is 28.3 Å². The average Bonchev–Trinajstić information content (AvgIpc) is 2.78. The molecule has 1 aliphatic carbocycles. The number of alkyl halides is 3. The summed E-state index contributed by atoms with van der Waals surface area (Å²) in [6.07, 6.45) is -1.65. The van der Waals surface area contributed by atoms with Gasteiger partial charge in [-0.1, -0.05) is 28.8 Å². The van der Waals surface area contributed by atoms with E-state index in [2.05, 4.69) is 21.2 Å². The molecule has 3 N–H and O–H groups in total. The Bertz CT molecular complexity index is 531. The molecule has 0 atom stereocenters. The molecule has 3 nitrogen and oxygen atoms in total. The molecule has 1 aromatic carbocycles. The number of anilines is 1. The fourth-order valence-electron chi connectivity index (χ4n) is 2.31. The Kier molecular flexibility index (Phi) is 5.69. The molecule has 0 aliphatic heterocycles. The molecule has 0 spiro atoms. The Labute approximate surface area is 135 Å². The van der Waals surface area contributed by atoms with Gasteiger partial charge in [0.05, 0.1) is 11.1 Å². The van der Waals surface area contributed by atoms with Gasteiger partial charge in [-0.15, -0.1) is 12.4 Å². The van der Waals surface area contributed by atoms with Gasteiger partial charge in [0.2, 0.25) is 5.91 Å². The molecule has 0 aromatic heterocycles. The van der Waals surface area contributed by atoms with Gasteiger partial charge in [-0.25, -0.2) is 0 Å². The number of rotatable bonds is 2. The van der Waals surface area contributed by atoms with Gasteiger partial charge < -0.3 is 11.1 Å². The molecule has 8 heteroatoms. The molecule has 21 heavy (non-hydrogen) atoms. The maximum absolute atomic E-state index is 12.8. The van der Waals surface area contributed by atoms with Crippen molar-refractivity contribution in [2.24, 2.45) is 5.73 Å². The molecule has 0 saturated heterocycles. The summed E-state index contributed by atoms with van der Waals surface area (Å²) in [7, 11) is 0. The number of carbonyl (C=O) groups excluding carboxylic acids is 1. The summed E-state index contributed by atoms with van der Waals surface area (Å²) in [4.78, 5) is 12.1. The zero-order valence-electron chi connectivity index (χ0n) is 11.0. The molecule has 1 fully saturated rings. The van der Waals surface area contributed by atoms with E-state index < -0.39 is 23.2 Å². The predicted octanol–water partition coefficient (Wildman–Crippen LogP) is 4.10. The van der Waals surface area contributed by atoms with Crippen LogP contribution in [0.1, 0.15) is 31.2 Å². The first kappa shape index (κ1) is 18.3. The average molecular weight is 388 g/mol. The molecule has 2 rings (SSSR count). The van der Waals surface area contributed by atoms with E-state index in [0.29, 0.717) is 12.8 Å². The third kappa shape index (κ3) is 4.11. The second-order valence-electron chi connectivity index (χ2n) is 5.01. The van der Waals surface area contributed by atoms with E-state index in [1.807, 2.05) is 0 Å². The van der Waals surface area contributed by atoms with Crippen LogP contribution in [0.3, 0.4) is 0 Å². The summed E-state index contributed by atoms with van der Waals surface area (Å²) in [5, 5.41) is 2.48. The number of amides is 1. The molecule has 0 heterocycles. The van der Waals surface area contributed by atoms with Gasteiger partial charge in [-0.05, 0) is 31.0 Å². The van der Waals surface area contributed by atoms with E-state index in [0.717, 1.165) is 18.9 Å². The quantitative estimate of drug-likeness (QED) is 0.803. The van der Waals surface area contributed by atoms with Gasteiger partial charge in [0.25, 0.3) is 0 Å². The van der Waals surface area contributed by atoms with Crippen molar-refractivity contribution in [2.75, 3.05) is 5.32 Å². The van der Waals surface area contributed by atoms with Crippen LogP contribution in [0.15, 0.2) is 22.7 Å². The lowest BCUT2D eigenvalue weighted by atomic mass is 9.98. The highest BCUT2D eigenvalue weighted by molar-refractivity contribution is 9.10. The van der Waals surface area contributed by atoms with Crippen molar-refractivity contribution < 1.29 is 18.0 Å².